The summed E-state index contributed by atoms with van der Waals surface area (Å²) < 4.78 is 3.22. The van der Waals surface area contributed by atoms with Gasteiger partial charge in [-0.3, -0.25) is 14.2 Å². The summed E-state index contributed by atoms with van der Waals surface area (Å²) in [5.41, 5.74) is 2.65. The SMILES string of the molecule is CCC(=O)NCCn1ncc2c(=O)n(Cc3ccc(C)cc3)cnc21. The zero-order chi connectivity index (χ0) is 17.8. The molecule has 25 heavy (non-hydrogen) atoms. The first-order valence-corrected chi connectivity index (χ1v) is 8.31. The Morgan fingerprint density at radius 2 is 2.00 bits per heavy atom. The van der Waals surface area contributed by atoms with Crippen molar-refractivity contribution in [2.45, 2.75) is 33.4 Å². The molecule has 1 amide bonds. The quantitative estimate of drug-likeness (QED) is 0.737. The van der Waals surface area contributed by atoms with E-state index in [2.05, 4.69) is 15.4 Å². The summed E-state index contributed by atoms with van der Waals surface area (Å²) in [5, 5.41) is 7.50. The van der Waals surface area contributed by atoms with E-state index in [1.807, 2.05) is 31.2 Å². The molecular weight excluding hydrogens is 318 g/mol. The number of nitrogens with zero attached hydrogens (tertiary/aromatic N) is 4. The maximum absolute atomic E-state index is 12.6. The molecule has 0 aliphatic heterocycles. The van der Waals surface area contributed by atoms with Gasteiger partial charge in [0.2, 0.25) is 5.91 Å². The van der Waals surface area contributed by atoms with E-state index in [1.165, 1.54) is 11.8 Å². The molecule has 1 aromatic carbocycles. The fourth-order valence-corrected chi connectivity index (χ4v) is 2.59. The molecule has 0 aliphatic rings. The van der Waals surface area contributed by atoms with Gasteiger partial charge in [-0.15, -0.1) is 0 Å². The lowest BCUT2D eigenvalue weighted by Crippen LogP contribution is -2.27. The van der Waals surface area contributed by atoms with Gasteiger partial charge in [0.15, 0.2) is 5.65 Å². The van der Waals surface area contributed by atoms with Crippen molar-refractivity contribution in [1.82, 2.24) is 24.6 Å². The number of amides is 1. The smallest absolute Gasteiger partial charge is 0.264 e. The lowest BCUT2D eigenvalue weighted by atomic mass is 10.1. The molecule has 0 aliphatic carbocycles. The van der Waals surface area contributed by atoms with E-state index in [-0.39, 0.29) is 11.5 Å². The van der Waals surface area contributed by atoms with Crippen molar-refractivity contribution >= 4 is 16.9 Å². The molecule has 0 saturated heterocycles. The summed E-state index contributed by atoms with van der Waals surface area (Å²) in [5.74, 6) is -0.00938. The molecule has 0 atom stereocenters. The van der Waals surface area contributed by atoms with E-state index in [4.69, 9.17) is 0 Å². The Morgan fingerprint density at radius 1 is 1.24 bits per heavy atom. The molecule has 2 aromatic heterocycles. The average molecular weight is 339 g/mol. The Balaban J connectivity index is 1.80. The molecular formula is C18H21N5O2. The maximum Gasteiger partial charge on any atom is 0.264 e. The van der Waals surface area contributed by atoms with Gasteiger partial charge >= 0.3 is 0 Å². The van der Waals surface area contributed by atoms with Crippen LogP contribution in [0.25, 0.3) is 11.0 Å². The second kappa shape index (κ2) is 7.29. The minimum Gasteiger partial charge on any atom is -0.354 e. The predicted molar refractivity (Wildman–Crippen MR) is 95.4 cm³/mol. The van der Waals surface area contributed by atoms with Gasteiger partial charge in [0.1, 0.15) is 11.7 Å². The van der Waals surface area contributed by atoms with Crippen molar-refractivity contribution in [2.24, 2.45) is 0 Å². The third-order valence-corrected chi connectivity index (χ3v) is 4.06. The number of carbonyl (C=O) groups is 1. The summed E-state index contributed by atoms with van der Waals surface area (Å²) >= 11 is 0. The molecule has 0 fully saturated rings. The Hall–Kier alpha value is -2.96. The zero-order valence-electron chi connectivity index (χ0n) is 14.4. The van der Waals surface area contributed by atoms with Gasteiger partial charge in [0, 0.05) is 13.0 Å². The largest absolute Gasteiger partial charge is 0.354 e. The van der Waals surface area contributed by atoms with Gasteiger partial charge in [-0.25, -0.2) is 9.67 Å². The van der Waals surface area contributed by atoms with Crippen LogP contribution in [0.15, 0.2) is 41.6 Å². The second-order valence-electron chi connectivity index (χ2n) is 5.97. The number of rotatable bonds is 6. The molecule has 1 N–H and O–H groups in total. The van der Waals surface area contributed by atoms with Crippen molar-refractivity contribution in [2.75, 3.05) is 6.54 Å². The van der Waals surface area contributed by atoms with Gasteiger partial charge in [0.05, 0.1) is 19.3 Å². The summed E-state index contributed by atoms with van der Waals surface area (Å²) in [6, 6.07) is 8.06. The minimum absolute atomic E-state index is 0.00938. The van der Waals surface area contributed by atoms with E-state index >= 15 is 0 Å². The fourth-order valence-electron chi connectivity index (χ4n) is 2.59. The Labute approximate surface area is 145 Å². The van der Waals surface area contributed by atoms with Crippen LogP contribution in [0.2, 0.25) is 0 Å². The lowest BCUT2D eigenvalue weighted by molar-refractivity contribution is -0.120. The minimum atomic E-state index is -0.116. The van der Waals surface area contributed by atoms with Crippen LogP contribution in [0.5, 0.6) is 0 Å². The van der Waals surface area contributed by atoms with Gasteiger partial charge in [-0.05, 0) is 12.5 Å². The number of benzene rings is 1. The van der Waals surface area contributed by atoms with Crippen LogP contribution in [0, 0.1) is 6.92 Å². The van der Waals surface area contributed by atoms with E-state index in [0.29, 0.717) is 37.1 Å². The molecule has 3 rings (SSSR count). The molecule has 0 radical (unpaired) electrons. The summed E-state index contributed by atoms with van der Waals surface area (Å²) in [4.78, 5) is 28.3. The van der Waals surface area contributed by atoms with Crippen molar-refractivity contribution < 1.29 is 4.79 Å². The highest BCUT2D eigenvalue weighted by molar-refractivity contribution is 5.75. The van der Waals surface area contributed by atoms with Crippen molar-refractivity contribution in [3.63, 3.8) is 0 Å². The third-order valence-electron chi connectivity index (χ3n) is 4.06. The van der Waals surface area contributed by atoms with E-state index < -0.39 is 0 Å². The number of aromatic nitrogens is 4. The number of fused-ring (bicyclic) bond motifs is 1. The second-order valence-corrected chi connectivity index (χ2v) is 5.97. The monoisotopic (exact) mass is 339 g/mol. The van der Waals surface area contributed by atoms with Gasteiger partial charge in [-0.1, -0.05) is 36.8 Å². The first-order chi connectivity index (χ1) is 12.1. The molecule has 3 aromatic rings. The zero-order valence-corrected chi connectivity index (χ0v) is 14.4. The van der Waals surface area contributed by atoms with Crippen LogP contribution in [-0.2, 0) is 17.9 Å². The summed E-state index contributed by atoms with van der Waals surface area (Å²) in [6.45, 7) is 5.23. The molecule has 0 bridgehead atoms. The van der Waals surface area contributed by atoms with Crippen LogP contribution in [0.3, 0.4) is 0 Å². The topological polar surface area (TPSA) is 81.8 Å². The van der Waals surface area contributed by atoms with Crippen LogP contribution in [0.1, 0.15) is 24.5 Å². The molecule has 0 saturated carbocycles. The average Bonchev–Trinajstić information content (AvgIpc) is 3.03. The molecule has 0 spiro atoms. The van der Waals surface area contributed by atoms with Crippen molar-refractivity contribution in [3.8, 4) is 0 Å². The van der Waals surface area contributed by atoms with Crippen LogP contribution in [-0.4, -0.2) is 31.8 Å². The van der Waals surface area contributed by atoms with E-state index in [0.717, 1.165) is 5.56 Å². The normalized spacial score (nSPS) is 11.0. The molecule has 0 unspecified atom stereocenters. The van der Waals surface area contributed by atoms with E-state index in [1.54, 1.807) is 22.5 Å². The van der Waals surface area contributed by atoms with Crippen molar-refractivity contribution in [1.29, 1.82) is 0 Å². The first-order valence-electron chi connectivity index (χ1n) is 8.31. The Morgan fingerprint density at radius 3 is 2.72 bits per heavy atom. The number of carbonyl (C=O) groups excluding carboxylic acids is 1. The number of aryl methyl sites for hydroxylation is 1. The van der Waals surface area contributed by atoms with Gasteiger partial charge in [0.25, 0.3) is 5.56 Å². The lowest BCUT2D eigenvalue weighted by Gasteiger charge is -2.07. The Bertz CT molecular complexity index is 940. The fraction of sp³-hybridized carbons (Fsp3) is 0.333. The predicted octanol–water partition coefficient (Wildman–Crippen LogP) is 1.48. The van der Waals surface area contributed by atoms with E-state index in [9.17, 15) is 9.59 Å². The Kier molecular flexibility index (Phi) is 4.92. The highest BCUT2D eigenvalue weighted by Crippen LogP contribution is 2.08. The number of nitrogens with one attached hydrogen (secondary N) is 1. The highest BCUT2D eigenvalue weighted by atomic mass is 16.1. The molecule has 7 heteroatoms. The summed E-state index contributed by atoms with van der Waals surface area (Å²) in [6.07, 6.45) is 3.53. The standard InChI is InChI=1S/C18H21N5O2/c1-3-16(24)19-8-9-23-17-15(10-21-23)18(25)22(12-20-17)11-14-6-4-13(2)5-7-14/h4-7,10,12H,3,8-9,11H2,1-2H3,(H,19,24). The highest BCUT2D eigenvalue weighted by Gasteiger charge is 2.10. The molecule has 7 nitrogen and oxygen atoms in total. The maximum atomic E-state index is 12.6. The number of hydrogen-bond donors (Lipinski definition) is 1. The summed E-state index contributed by atoms with van der Waals surface area (Å²) in [7, 11) is 0. The molecule has 130 valence electrons. The van der Waals surface area contributed by atoms with Gasteiger partial charge < -0.3 is 5.32 Å². The first kappa shape index (κ1) is 16.9. The van der Waals surface area contributed by atoms with Crippen LogP contribution in [0.4, 0.5) is 0 Å². The molecule has 2 heterocycles. The van der Waals surface area contributed by atoms with Gasteiger partial charge in [-0.2, -0.15) is 5.10 Å². The number of hydrogen-bond acceptors (Lipinski definition) is 4. The third kappa shape index (κ3) is 3.76. The van der Waals surface area contributed by atoms with Crippen LogP contribution < -0.4 is 10.9 Å². The van der Waals surface area contributed by atoms with Crippen molar-refractivity contribution in [3.05, 3.63) is 58.3 Å². The van der Waals surface area contributed by atoms with Crippen LogP contribution >= 0.6 is 0 Å².